The number of benzene rings is 2. The molecule has 5 heteroatoms. The van der Waals surface area contributed by atoms with Crippen molar-refractivity contribution in [2.45, 2.75) is 44.4 Å². The van der Waals surface area contributed by atoms with E-state index in [0.29, 0.717) is 0 Å². The highest BCUT2D eigenvalue weighted by molar-refractivity contribution is 5.97. The topological polar surface area (TPSA) is 29.5 Å². The van der Waals surface area contributed by atoms with E-state index in [0.717, 1.165) is 25.7 Å². The van der Waals surface area contributed by atoms with Crippen LogP contribution >= 0.6 is 0 Å². The molecule has 1 saturated carbocycles. The SMILES string of the molecule is O=C(c1ccccc1OC(F)F)N(C1CC1)C1CCc2ccccc21. The number of hydrogen-bond acceptors (Lipinski definition) is 2. The number of ether oxygens (including phenoxy) is 1. The van der Waals surface area contributed by atoms with Gasteiger partial charge in [-0.2, -0.15) is 8.78 Å². The molecule has 2 aromatic carbocycles. The Morgan fingerprint density at radius 1 is 1.04 bits per heavy atom. The van der Waals surface area contributed by atoms with Gasteiger partial charge < -0.3 is 9.64 Å². The van der Waals surface area contributed by atoms with Gasteiger partial charge in [0.1, 0.15) is 5.75 Å². The fourth-order valence-corrected chi connectivity index (χ4v) is 3.72. The number of rotatable bonds is 5. The van der Waals surface area contributed by atoms with E-state index in [-0.39, 0.29) is 29.3 Å². The molecule has 0 aromatic heterocycles. The first-order chi connectivity index (χ1) is 12.1. The maximum atomic E-state index is 13.2. The molecule has 1 fully saturated rings. The zero-order chi connectivity index (χ0) is 17.4. The monoisotopic (exact) mass is 343 g/mol. The Hall–Kier alpha value is -2.43. The van der Waals surface area contributed by atoms with Gasteiger partial charge in [-0.1, -0.05) is 36.4 Å². The molecule has 1 atom stereocenters. The van der Waals surface area contributed by atoms with Crippen LogP contribution in [0.5, 0.6) is 5.75 Å². The minimum Gasteiger partial charge on any atom is -0.434 e. The van der Waals surface area contributed by atoms with Gasteiger partial charge in [-0.15, -0.1) is 0 Å². The molecule has 0 bridgehead atoms. The molecular weight excluding hydrogens is 324 g/mol. The predicted molar refractivity (Wildman–Crippen MR) is 89.8 cm³/mol. The summed E-state index contributed by atoms with van der Waals surface area (Å²) in [5.74, 6) is -0.278. The number of aryl methyl sites for hydroxylation is 1. The van der Waals surface area contributed by atoms with E-state index < -0.39 is 6.61 Å². The van der Waals surface area contributed by atoms with Gasteiger partial charge >= 0.3 is 6.61 Å². The molecule has 1 unspecified atom stereocenters. The van der Waals surface area contributed by atoms with Crippen LogP contribution in [-0.2, 0) is 6.42 Å². The largest absolute Gasteiger partial charge is 0.434 e. The molecule has 130 valence electrons. The van der Waals surface area contributed by atoms with E-state index >= 15 is 0 Å². The first kappa shape index (κ1) is 16.1. The number of alkyl halides is 2. The second-order valence-electron chi connectivity index (χ2n) is 6.57. The average Bonchev–Trinajstić information content (AvgIpc) is 3.35. The second kappa shape index (κ2) is 6.47. The van der Waals surface area contributed by atoms with Gasteiger partial charge in [0.25, 0.3) is 5.91 Å². The van der Waals surface area contributed by atoms with Crippen molar-refractivity contribution in [2.24, 2.45) is 0 Å². The zero-order valence-electron chi connectivity index (χ0n) is 13.7. The highest BCUT2D eigenvalue weighted by atomic mass is 19.3. The normalized spacial score (nSPS) is 18.9. The minimum atomic E-state index is -2.95. The van der Waals surface area contributed by atoms with Crippen LogP contribution in [0.15, 0.2) is 48.5 Å². The van der Waals surface area contributed by atoms with Crippen molar-refractivity contribution in [1.82, 2.24) is 4.90 Å². The van der Waals surface area contributed by atoms with Gasteiger partial charge in [0, 0.05) is 6.04 Å². The quantitative estimate of drug-likeness (QED) is 0.795. The summed E-state index contributed by atoms with van der Waals surface area (Å²) in [5.41, 5.74) is 2.65. The Morgan fingerprint density at radius 3 is 2.52 bits per heavy atom. The molecule has 0 heterocycles. The number of carbonyl (C=O) groups excluding carboxylic acids is 1. The number of carbonyl (C=O) groups is 1. The van der Waals surface area contributed by atoms with E-state index in [1.807, 2.05) is 17.0 Å². The van der Waals surface area contributed by atoms with E-state index in [1.54, 1.807) is 18.2 Å². The zero-order valence-corrected chi connectivity index (χ0v) is 13.7. The Balaban J connectivity index is 1.68. The standard InChI is InChI=1S/C20H19F2NO2/c21-20(22)25-18-8-4-3-7-16(18)19(24)23(14-10-11-14)17-12-9-13-5-1-2-6-15(13)17/h1-8,14,17,20H,9-12H2. The van der Waals surface area contributed by atoms with E-state index in [2.05, 4.69) is 16.9 Å². The van der Waals surface area contributed by atoms with Gasteiger partial charge in [0.15, 0.2) is 0 Å². The third kappa shape index (κ3) is 3.11. The number of fused-ring (bicyclic) bond motifs is 1. The van der Waals surface area contributed by atoms with Crippen molar-refractivity contribution in [3.05, 3.63) is 65.2 Å². The van der Waals surface area contributed by atoms with Crippen molar-refractivity contribution < 1.29 is 18.3 Å². The van der Waals surface area contributed by atoms with Crippen LogP contribution in [0.4, 0.5) is 8.78 Å². The van der Waals surface area contributed by atoms with E-state index in [1.165, 1.54) is 17.2 Å². The molecule has 0 N–H and O–H groups in total. The lowest BCUT2D eigenvalue weighted by atomic mass is 10.0. The Kier molecular flexibility index (Phi) is 4.15. The van der Waals surface area contributed by atoms with Gasteiger partial charge in [-0.25, -0.2) is 0 Å². The molecule has 25 heavy (non-hydrogen) atoms. The highest BCUT2D eigenvalue weighted by Crippen LogP contribution is 2.43. The van der Waals surface area contributed by atoms with Crippen LogP contribution in [0.2, 0.25) is 0 Å². The van der Waals surface area contributed by atoms with Crippen LogP contribution in [0, 0.1) is 0 Å². The molecule has 1 amide bonds. The van der Waals surface area contributed by atoms with Crippen LogP contribution in [-0.4, -0.2) is 23.5 Å². The summed E-state index contributed by atoms with van der Waals surface area (Å²) >= 11 is 0. The maximum Gasteiger partial charge on any atom is 0.387 e. The lowest BCUT2D eigenvalue weighted by Crippen LogP contribution is -2.36. The molecule has 2 aliphatic carbocycles. The number of nitrogens with zero attached hydrogens (tertiary/aromatic N) is 1. The van der Waals surface area contributed by atoms with Gasteiger partial charge in [0.05, 0.1) is 11.6 Å². The van der Waals surface area contributed by atoms with Crippen molar-refractivity contribution in [1.29, 1.82) is 0 Å². The molecular formula is C20H19F2NO2. The Labute approximate surface area is 145 Å². The smallest absolute Gasteiger partial charge is 0.387 e. The van der Waals surface area contributed by atoms with Gasteiger partial charge in [0.2, 0.25) is 0 Å². The highest BCUT2D eigenvalue weighted by Gasteiger charge is 2.41. The molecule has 3 nitrogen and oxygen atoms in total. The summed E-state index contributed by atoms with van der Waals surface area (Å²) in [6, 6.07) is 14.6. The van der Waals surface area contributed by atoms with Gasteiger partial charge in [-0.05, 0) is 48.9 Å². The first-order valence-corrected chi connectivity index (χ1v) is 8.59. The van der Waals surface area contributed by atoms with Crippen molar-refractivity contribution in [3.8, 4) is 5.75 Å². The molecule has 2 aromatic rings. The molecule has 0 spiro atoms. The van der Waals surface area contributed by atoms with Gasteiger partial charge in [-0.3, -0.25) is 4.79 Å². The van der Waals surface area contributed by atoms with Crippen LogP contribution in [0.25, 0.3) is 0 Å². The fraction of sp³-hybridized carbons (Fsp3) is 0.350. The van der Waals surface area contributed by atoms with E-state index in [9.17, 15) is 13.6 Å². The van der Waals surface area contributed by atoms with Crippen LogP contribution < -0.4 is 4.74 Å². The van der Waals surface area contributed by atoms with Crippen molar-refractivity contribution >= 4 is 5.91 Å². The third-order valence-corrected chi connectivity index (χ3v) is 4.95. The molecule has 0 saturated heterocycles. The molecule has 2 aliphatic rings. The average molecular weight is 343 g/mol. The Bertz CT molecular complexity index is 789. The number of halogens is 2. The van der Waals surface area contributed by atoms with Crippen molar-refractivity contribution in [3.63, 3.8) is 0 Å². The summed E-state index contributed by atoms with van der Waals surface area (Å²) < 4.78 is 29.9. The van der Waals surface area contributed by atoms with Crippen LogP contribution in [0.1, 0.15) is 46.8 Å². The summed E-state index contributed by atoms with van der Waals surface area (Å²) in [4.78, 5) is 15.1. The second-order valence-corrected chi connectivity index (χ2v) is 6.57. The first-order valence-electron chi connectivity index (χ1n) is 8.59. The summed E-state index contributed by atoms with van der Waals surface area (Å²) in [7, 11) is 0. The molecule has 4 rings (SSSR count). The molecule has 0 aliphatic heterocycles. The number of hydrogen-bond donors (Lipinski definition) is 0. The minimum absolute atomic E-state index is 0.0100. The number of amides is 1. The summed E-state index contributed by atoms with van der Waals surface area (Å²) in [6.45, 7) is -2.95. The molecule has 0 radical (unpaired) electrons. The maximum absolute atomic E-state index is 13.2. The fourth-order valence-electron chi connectivity index (χ4n) is 3.72. The summed E-state index contributed by atoms with van der Waals surface area (Å²) in [5, 5.41) is 0. The third-order valence-electron chi connectivity index (χ3n) is 4.95. The van der Waals surface area contributed by atoms with E-state index in [4.69, 9.17) is 0 Å². The lowest BCUT2D eigenvalue weighted by Gasteiger charge is -2.30. The number of para-hydroxylation sites is 1. The lowest BCUT2D eigenvalue weighted by molar-refractivity contribution is -0.0503. The Morgan fingerprint density at radius 2 is 1.76 bits per heavy atom. The predicted octanol–water partition coefficient (Wildman–Crippen LogP) is 4.58. The summed E-state index contributed by atoms with van der Waals surface area (Å²) in [6.07, 6.45) is 3.73. The van der Waals surface area contributed by atoms with Crippen LogP contribution in [0.3, 0.4) is 0 Å². The van der Waals surface area contributed by atoms with Crippen molar-refractivity contribution in [2.75, 3.05) is 0 Å².